The van der Waals surface area contributed by atoms with E-state index in [1.807, 2.05) is 4.90 Å². The van der Waals surface area contributed by atoms with Crippen LogP contribution in [0.4, 0.5) is 19.0 Å². The van der Waals surface area contributed by atoms with Crippen LogP contribution in [-0.2, 0) is 6.18 Å². The smallest absolute Gasteiger partial charge is 0.353 e. The number of aryl methyl sites for hydroxylation is 1. The molecule has 0 amide bonds. The average molecular weight is 325 g/mol. The molecule has 0 unspecified atom stereocenters. The molecule has 18 heavy (non-hydrogen) atoms. The lowest BCUT2D eigenvalue weighted by Gasteiger charge is -2.29. The SMILES string of the molecule is Cc1nc(C(F)(F)F)nc(N2CCNCC2)c1Br. The predicted octanol–water partition coefficient (Wildman–Crippen LogP) is 1.98. The number of halogens is 4. The Morgan fingerprint density at radius 3 is 2.39 bits per heavy atom. The predicted molar refractivity (Wildman–Crippen MR) is 64.6 cm³/mol. The van der Waals surface area contributed by atoms with Gasteiger partial charge >= 0.3 is 6.18 Å². The minimum Gasteiger partial charge on any atom is -0.353 e. The topological polar surface area (TPSA) is 41.1 Å². The van der Waals surface area contributed by atoms with Gasteiger partial charge in [0.05, 0.1) is 10.2 Å². The van der Waals surface area contributed by atoms with Crippen LogP contribution >= 0.6 is 15.9 Å². The van der Waals surface area contributed by atoms with Crippen molar-refractivity contribution in [3.8, 4) is 0 Å². The summed E-state index contributed by atoms with van der Waals surface area (Å²) in [5.74, 6) is -0.770. The van der Waals surface area contributed by atoms with Gasteiger partial charge in [-0.05, 0) is 22.9 Å². The van der Waals surface area contributed by atoms with Gasteiger partial charge in [-0.15, -0.1) is 0 Å². The standard InChI is InChI=1S/C10H12BrF3N4/c1-6-7(11)8(18-4-2-15-3-5-18)17-9(16-6)10(12,13)14/h15H,2-5H2,1H3. The van der Waals surface area contributed by atoms with Crippen LogP contribution in [0.3, 0.4) is 0 Å². The highest BCUT2D eigenvalue weighted by atomic mass is 79.9. The average Bonchev–Trinajstić information content (AvgIpc) is 2.32. The highest BCUT2D eigenvalue weighted by Crippen LogP contribution is 2.32. The van der Waals surface area contributed by atoms with Gasteiger partial charge in [-0.1, -0.05) is 0 Å². The Balaban J connectivity index is 2.42. The molecule has 1 N–H and O–H groups in total. The van der Waals surface area contributed by atoms with Crippen LogP contribution in [-0.4, -0.2) is 36.1 Å². The van der Waals surface area contributed by atoms with Crippen molar-refractivity contribution in [1.29, 1.82) is 0 Å². The first kappa shape index (κ1) is 13.5. The molecule has 0 aromatic carbocycles. The summed E-state index contributed by atoms with van der Waals surface area (Å²) >= 11 is 3.26. The minimum atomic E-state index is -4.52. The van der Waals surface area contributed by atoms with Crippen molar-refractivity contribution in [3.63, 3.8) is 0 Å². The number of hydrogen-bond acceptors (Lipinski definition) is 4. The van der Waals surface area contributed by atoms with Crippen molar-refractivity contribution in [2.24, 2.45) is 0 Å². The molecule has 4 nitrogen and oxygen atoms in total. The monoisotopic (exact) mass is 324 g/mol. The summed E-state index contributed by atoms with van der Waals surface area (Å²) in [5, 5.41) is 3.14. The molecule has 0 spiro atoms. The summed E-state index contributed by atoms with van der Waals surface area (Å²) in [6.07, 6.45) is -4.52. The largest absolute Gasteiger partial charge is 0.451 e. The van der Waals surface area contributed by atoms with Gasteiger partial charge in [0.1, 0.15) is 5.82 Å². The van der Waals surface area contributed by atoms with E-state index in [1.165, 1.54) is 6.92 Å². The van der Waals surface area contributed by atoms with Crippen LogP contribution < -0.4 is 10.2 Å². The van der Waals surface area contributed by atoms with Crippen LogP contribution in [0, 0.1) is 6.92 Å². The number of rotatable bonds is 1. The van der Waals surface area contributed by atoms with Crippen LogP contribution in [0.2, 0.25) is 0 Å². The first-order chi connectivity index (χ1) is 8.39. The number of nitrogens with zero attached hydrogens (tertiary/aromatic N) is 3. The van der Waals surface area contributed by atoms with E-state index in [-0.39, 0.29) is 0 Å². The molecule has 1 aromatic rings. The van der Waals surface area contributed by atoms with Crippen molar-refractivity contribution < 1.29 is 13.2 Å². The molecule has 1 aliphatic heterocycles. The Kier molecular flexibility index (Phi) is 3.76. The van der Waals surface area contributed by atoms with Crippen molar-refractivity contribution in [2.75, 3.05) is 31.1 Å². The van der Waals surface area contributed by atoms with E-state index in [0.717, 1.165) is 13.1 Å². The number of nitrogens with one attached hydrogen (secondary N) is 1. The highest BCUT2D eigenvalue weighted by Gasteiger charge is 2.36. The van der Waals surface area contributed by atoms with E-state index in [9.17, 15) is 13.2 Å². The van der Waals surface area contributed by atoms with Crippen molar-refractivity contribution >= 4 is 21.7 Å². The normalized spacial score (nSPS) is 17.1. The molecular formula is C10H12BrF3N4. The number of alkyl halides is 3. The van der Waals surface area contributed by atoms with Crippen LogP contribution in [0.5, 0.6) is 0 Å². The Morgan fingerprint density at radius 2 is 1.83 bits per heavy atom. The van der Waals surface area contributed by atoms with Gasteiger partial charge in [-0.2, -0.15) is 13.2 Å². The molecule has 0 aliphatic carbocycles. The molecule has 0 radical (unpaired) electrons. The summed E-state index contributed by atoms with van der Waals surface area (Å²) < 4.78 is 38.6. The van der Waals surface area contributed by atoms with Crippen LogP contribution in [0.25, 0.3) is 0 Å². The lowest BCUT2D eigenvalue weighted by molar-refractivity contribution is -0.145. The van der Waals surface area contributed by atoms with Crippen LogP contribution in [0.1, 0.15) is 11.5 Å². The second kappa shape index (κ2) is 5.00. The van der Waals surface area contributed by atoms with E-state index < -0.39 is 12.0 Å². The molecule has 100 valence electrons. The zero-order valence-electron chi connectivity index (χ0n) is 9.68. The lowest BCUT2D eigenvalue weighted by Crippen LogP contribution is -2.44. The Labute approximate surface area is 111 Å². The van der Waals surface area contributed by atoms with Gasteiger partial charge in [0.25, 0.3) is 0 Å². The fourth-order valence-corrected chi connectivity index (χ4v) is 2.19. The molecule has 1 aromatic heterocycles. The molecule has 0 saturated carbocycles. The number of hydrogen-bond donors (Lipinski definition) is 1. The third kappa shape index (κ3) is 2.74. The van der Waals surface area contributed by atoms with E-state index in [0.29, 0.717) is 29.1 Å². The summed E-state index contributed by atoms with van der Waals surface area (Å²) in [6, 6.07) is 0. The number of aromatic nitrogens is 2. The fourth-order valence-electron chi connectivity index (χ4n) is 1.76. The second-order valence-electron chi connectivity index (χ2n) is 4.01. The zero-order valence-corrected chi connectivity index (χ0v) is 11.3. The maximum Gasteiger partial charge on any atom is 0.451 e. The molecule has 0 bridgehead atoms. The maximum atomic E-state index is 12.7. The first-order valence-electron chi connectivity index (χ1n) is 5.46. The minimum absolute atomic E-state index is 0.297. The molecule has 2 heterocycles. The molecule has 1 aliphatic rings. The zero-order chi connectivity index (χ0) is 13.3. The fraction of sp³-hybridized carbons (Fsp3) is 0.600. The van der Waals surface area contributed by atoms with Gasteiger partial charge in [-0.25, -0.2) is 9.97 Å². The van der Waals surface area contributed by atoms with Gasteiger partial charge in [0.2, 0.25) is 5.82 Å². The molecular weight excluding hydrogens is 313 g/mol. The molecule has 8 heteroatoms. The van der Waals surface area contributed by atoms with Crippen molar-refractivity contribution in [1.82, 2.24) is 15.3 Å². The molecule has 0 atom stereocenters. The Morgan fingerprint density at radius 1 is 1.22 bits per heavy atom. The second-order valence-corrected chi connectivity index (χ2v) is 4.80. The Hall–Kier alpha value is -0.890. The van der Waals surface area contributed by atoms with E-state index >= 15 is 0 Å². The summed E-state index contributed by atoms with van der Waals surface area (Å²) in [6.45, 7) is 4.26. The third-order valence-corrected chi connectivity index (χ3v) is 3.60. The Bertz CT molecular complexity index is 443. The molecule has 2 rings (SSSR count). The van der Waals surface area contributed by atoms with Gasteiger partial charge < -0.3 is 10.2 Å². The lowest BCUT2D eigenvalue weighted by atomic mass is 10.3. The van der Waals surface area contributed by atoms with Crippen LogP contribution in [0.15, 0.2) is 4.47 Å². The highest BCUT2D eigenvalue weighted by molar-refractivity contribution is 9.10. The summed E-state index contributed by atoms with van der Waals surface area (Å²) in [5.41, 5.74) is 0.297. The molecule has 1 fully saturated rings. The van der Waals surface area contributed by atoms with Gasteiger partial charge in [0, 0.05) is 26.2 Å². The first-order valence-corrected chi connectivity index (χ1v) is 6.26. The van der Waals surface area contributed by atoms with Gasteiger partial charge in [-0.3, -0.25) is 0 Å². The third-order valence-electron chi connectivity index (χ3n) is 2.67. The van der Waals surface area contributed by atoms with Crippen molar-refractivity contribution in [2.45, 2.75) is 13.1 Å². The van der Waals surface area contributed by atoms with Crippen molar-refractivity contribution in [3.05, 3.63) is 16.0 Å². The van der Waals surface area contributed by atoms with E-state index in [2.05, 4.69) is 31.2 Å². The van der Waals surface area contributed by atoms with E-state index in [1.54, 1.807) is 0 Å². The number of piperazine rings is 1. The molecule has 1 saturated heterocycles. The van der Waals surface area contributed by atoms with E-state index in [4.69, 9.17) is 0 Å². The summed E-state index contributed by atoms with van der Waals surface area (Å²) in [4.78, 5) is 8.94. The summed E-state index contributed by atoms with van der Waals surface area (Å²) in [7, 11) is 0. The number of anilines is 1. The maximum absolute atomic E-state index is 12.7. The quantitative estimate of drug-likeness (QED) is 0.857. The van der Waals surface area contributed by atoms with Gasteiger partial charge in [0.15, 0.2) is 0 Å².